The zero-order valence-corrected chi connectivity index (χ0v) is 8.35. The molecule has 4 nitrogen and oxygen atoms in total. The summed E-state index contributed by atoms with van der Waals surface area (Å²) in [6, 6.07) is -0.171. The normalized spacial score (nSPS) is 24.2. The van der Waals surface area contributed by atoms with E-state index >= 15 is 0 Å². The SMILES string of the molecule is NC(=O)C1CCCCN1CC(N)=S. The molecule has 5 heteroatoms. The van der Waals surface area contributed by atoms with Gasteiger partial charge in [0, 0.05) is 6.54 Å². The standard InChI is InChI=1S/C8H15N3OS/c9-7(13)5-11-4-2-1-3-6(11)8(10)12/h6H,1-5H2,(H2,9,13)(H2,10,12). The van der Waals surface area contributed by atoms with Crippen LogP contribution in [0.5, 0.6) is 0 Å². The molecule has 4 N–H and O–H groups in total. The number of thiocarbonyl (C=S) groups is 1. The summed E-state index contributed by atoms with van der Waals surface area (Å²) < 4.78 is 0. The van der Waals surface area contributed by atoms with Gasteiger partial charge >= 0.3 is 0 Å². The second-order valence-electron chi connectivity index (χ2n) is 3.35. The summed E-state index contributed by atoms with van der Waals surface area (Å²) in [6.07, 6.45) is 2.98. The first kappa shape index (κ1) is 10.4. The Morgan fingerprint density at radius 2 is 2.15 bits per heavy atom. The molecule has 13 heavy (non-hydrogen) atoms. The molecule has 0 aromatic rings. The molecule has 1 fully saturated rings. The quantitative estimate of drug-likeness (QED) is 0.610. The monoisotopic (exact) mass is 201 g/mol. The van der Waals surface area contributed by atoms with Crippen LogP contribution in [0.15, 0.2) is 0 Å². The Morgan fingerprint density at radius 3 is 2.69 bits per heavy atom. The largest absolute Gasteiger partial charge is 0.392 e. The van der Waals surface area contributed by atoms with Gasteiger partial charge in [-0.15, -0.1) is 0 Å². The van der Waals surface area contributed by atoms with E-state index in [1.807, 2.05) is 4.90 Å². The molecule has 0 aromatic heterocycles. The Morgan fingerprint density at radius 1 is 1.46 bits per heavy atom. The Balaban J connectivity index is 2.56. The number of nitrogens with two attached hydrogens (primary N) is 2. The molecule has 1 saturated heterocycles. The van der Waals surface area contributed by atoms with Crippen LogP contribution in [0.4, 0.5) is 0 Å². The highest BCUT2D eigenvalue weighted by Gasteiger charge is 2.26. The van der Waals surface area contributed by atoms with E-state index < -0.39 is 0 Å². The van der Waals surface area contributed by atoms with Crippen molar-refractivity contribution in [3.8, 4) is 0 Å². The Hall–Kier alpha value is -0.680. The fraction of sp³-hybridized carbons (Fsp3) is 0.750. The number of piperidine rings is 1. The van der Waals surface area contributed by atoms with E-state index in [2.05, 4.69) is 0 Å². The van der Waals surface area contributed by atoms with Crippen LogP contribution in [-0.4, -0.2) is 34.9 Å². The van der Waals surface area contributed by atoms with Crippen molar-refractivity contribution in [2.24, 2.45) is 11.5 Å². The fourth-order valence-electron chi connectivity index (χ4n) is 1.70. The van der Waals surface area contributed by atoms with E-state index in [4.69, 9.17) is 23.7 Å². The second-order valence-corrected chi connectivity index (χ2v) is 3.88. The molecule has 1 aliphatic heterocycles. The van der Waals surface area contributed by atoms with Gasteiger partial charge in [0.25, 0.3) is 0 Å². The average molecular weight is 201 g/mol. The lowest BCUT2D eigenvalue weighted by Gasteiger charge is -2.32. The van der Waals surface area contributed by atoms with Gasteiger partial charge in [-0.1, -0.05) is 18.6 Å². The van der Waals surface area contributed by atoms with Crippen molar-refractivity contribution in [2.45, 2.75) is 25.3 Å². The van der Waals surface area contributed by atoms with Crippen LogP contribution in [0.2, 0.25) is 0 Å². The highest BCUT2D eigenvalue weighted by Crippen LogP contribution is 2.15. The highest BCUT2D eigenvalue weighted by molar-refractivity contribution is 7.80. The molecule has 1 heterocycles. The van der Waals surface area contributed by atoms with Crippen molar-refractivity contribution in [3.63, 3.8) is 0 Å². The van der Waals surface area contributed by atoms with E-state index in [0.29, 0.717) is 11.5 Å². The molecular formula is C8H15N3OS. The maximum atomic E-state index is 11.0. The van der Waals surface area contributed by atoms with Gasteiger partial charge in [0.2, 0.25) is 5.91 Å². The molecule has 0 aromatic carbocycles. The number of nitrogens with zero attached hydrogens (tertiary/aromatic N) is 1. The third-order valence-electron chi connectivity index (χ3n) is 2.30. The van der Waals surface area contributed by atoms with E-state index in [0.717, 1.165) is 25.8 Å². The molecule has 0 aliphatic carbocycles. The van der Waals surface area contributed by atoms with Crippen molar-refractivity contribution in [2.75, 3.05) is 13.1 Å². The smallest absolute Gasteiger partial charge is 0.234 e. The zero-order valence-electron chi connectivity index (χ0n) is 7.53. The second kappa shape index (κ2) is 4.53. The number of carbonyl (C=O) groups is 1. The van der Waals surface area contributed by atoms with Gasteiger partial charge in [0.1, 0.15) is 0 Å². The molecule has 0 spiro atoms. The highest BCUT2D eigenvalue weighted by atomic mass is 32.1. The van der Waals surface area contributed by atoms with E-state index in [9.17, 15) is 4.79 Å². The summed E-state index contributed by atoms with van der Waals surface area (Å²) in [7, 11) is 0. The van der Waals surface area contributed by atoms with E-state index in [-0.39, 0.29) is 11.9 Å². The third-order valence-corrected chi connectivity index (χ3v) is 2.43. The predicted octanol–water partition coefficient (Wildman–Crippen LogP) is -0.388. The van der Waals surface area contributed by atoms with Crippen molar-refractivity contribution in [3.05, 3.63) is 0 Å². The topological polar surface area (TPSA) is 72.4 Å². The lowest BCUT2D eigenvalue weighted by atomic mass is 10.0. The number of rotatable bonds is 3. The number of hydrogen-bond acceptors (Lipinski definition) is 3. The number of amides is 1. The molecule has 0 bridgehead atoms. The minimum Gasteiger partial charge on any atom is -0.392 e. The van der Waals surface area contributed by atoms with Gasteiger partial charge in [0.05, 0.1) is 11.0 Å². The molecule has 1 rings (SSSR count). The Bertz CT molecular complexity index is 219. The summed E-state index contributed by atoms with van der Waals surface area (Å²) in [6.45, 7) is 1.37. The predicted molar refractivity (Wildman–Crippen MR) is 55.2 cm³/mol. The van der Waals surface area contributed by atoms with Gasteiger partial charge in [-0.25, -0.2) is 0 Å². The van der Waals surface area contributed by atoms with Crippen molar-refractivity contribution >= 4 is 23.1 Å². The molecular weight excluding hydrogens is 186 g/mol. The lowest BCUT2D eigenvalue weighted by molar-refractivity contribution is -0.124. The molecule has 74 valence electrons. The van der Waals surface area contributed by atoms with Crippen molar-refractivity contribution < 1.29 is 4.79 Å². The number of carbonyl (C=O) groups excluding carboxylic acids is 1. The lowest BCUT2D eigenvalue weighted by Crippen LogP contribution is -2.50. The molecule has 0 radical (unpaired) electrons. The van der Waals surface area contributed by atoms with Gasteiger partial charge in [0.15, 0.2) is 0 Å². The first-order valence-electron chi connectivity index (χ1n) is 4.43. The van der Waals surface area contributed by atoms with Crippen LogP contribution in [0.1, 0.15) is 19.3 Å². The number of hydrogen-bond donors (Lipinski definition) is 2. The van der Waals surface area contributed by atoms with Crippen LogP contribution in [-0.2, 0) is 4.79 Å². The van der Waals surface area contributed by atoms with Crippen LogP contribution < -0.4 is 11.5 Å². The third kappa shape index (κ3) is 2.93. The van der Waals surface area contributed by atoms with E-state index in [1.54, 1.807) is 0 Å². The van der Waals surface area contributed by atoms with Crippen molar-refractivity contribution in [1.82, 2.24) is 4.90 Å². The summed E-state index contributed by atoms with van der Waals surface area (Å²) in [5.74, 6) is -0.268. The van der Waals surface area contributed by atoms with Crippen LogP contribution >= 0.6 is 12.2 Å². The summed E-state index contributed by atoms with van der Waals surface area (Å²) >= 11 is 4.80. The summed E-state index contributed by atoms with van der Waals surface area (Å²) in [4.78, 5) is 13.4. The van der Waals surface area contributed by atoms with Crippen LogP contribution in [0.25, 0.3) is 0 Å². The Labute approximate surface area is 83.2 Å². The van der Waals surface area contributed by atoms with Gasteiger partial charge in [-0.05, 0) is 19.4 Å². The van der Waals surface area contributed by atoms with Crippen LogP contribution in [0.3, 0.4) is 0 Å². The van der Waals surface area contributed by atoms with Gasteiger partial charge in [-0.3, -0.25) is 9.69 Å². The number of primary amides is 1. The van der Waals surface area contributed by atoms with Gasteiger partial charge < -0.3 is 11.5 Å². The molecule has 1 amide bonds. The minimum atomic E-state index is -0.268. The first-order chi connectivity index (χ1) is 6.11. The number of likely N-dealkylation sites (tertiary alicyclic amines) is 1. The maximum Gasteiger partial charge on any atom is 0.234 e. The summed E-state index contributed by atoms with van der Waals surface area (Å²) in [5.41, 5.74) is 10.7. The average Bonchev–Trinajstić information content (AvgIpc) is 2.03. The minimum absolute atomic E-state index is 0.171. The maximum absolute atomic E-state index is 11.0. The fourth-order valence-corrected chi connectivity index (χ4v) is 1.87. The Kier molecular flexibility index (Phi) is 3.62. The summed E-state index contributed by atoms with van der Waals surface area (Å²) in [5, 5.41) is 0. The van der Waals surface area contributed by atoms with Crippen LogP contribution in [0, 0.1) is 0 Å². The molecule has 1 unspecified atom stereocenters. The zero-order chi connectivity index (χ0) is 9.84. The molecule has 0 saturated carbocycles. The van der Waals surface area contributed by atoms with Gasteiger partial charge in [-0.2, -0.15) is 0 Å². The molecule has 1 atom stereocenters. The molecule has 1 aliphatic rings. The van der Waals surface area contributed by atoms with E-state index in [1.165, 1.54) is 0 Å². The van der Waals surface area contributed by atoms with Crippen molar-refractivity contribution in [1.29, 1.82) is 0 Å². The first-order valence-corrected chi connectivity index (χ1v) is 4.83.